The van der Waals surface area contributed by atoms with Crippen LogP contribution in [0.15, 0.2) is 0 Å². The average molecular weight is 194 g/mol. The van der Waals surface area contributed by atoms with Crippen LogP contribution in [0.2, 0.25) is 0 Å². The lowest BCUT2D eigenvalue weighted by molar-refractivity contribution is -0.0834. The van der Waals surface area contributed by atoms with Crippen molar-refractivity contribution in [3.63, 3.8) is 0 Å². The minimum absolute atomic E-state index is 0.333. The molecule has 2 unspecified atom stereocenters. The van der Waals surface area contributed by atoms with Crippen molar-refractivity contribution in [1.82, 2.24) is 5.43 Å². The highest BCUT2D eigenvalue weighted by molar-refractivity contribution is 5.10. The standard InChI is InChI=1S/C12H22N2/c1-2-11-4-9-3-10(5-11)7-12(6-9,8-11)14-13/h9-10,14H,2-8,13H2,1H3. The molecule has 80 valence electrons. The molecule has 2 atom stereocenters. The topological polar surface area (TPSA) is 38.0 Å². The van der Waals surface area contributed by atoms with Gasteiger partial charge < -0.3 is 0 Å². The second kappa shape index (κ2) is 2.73. The Morgan fingerprint density at radius 3 is 2.36 bits per heavy atom. The molecule has 0 radical (unpaired) electrons. The maximum atomic E-state index is 5.79. The van der Waals surface area contributed by atoms with E-state index in [9.17, 15) is 0 Å². The summed E-state index contributed by atoms with van der Waals surface area (Å²) in [6, 6.07) is 0. The lowest BCUT2D eigenvalue weighted by atomic mass is 9.46. The summed E-state index contributed by atoms with van der Waals surface area (Å²) in [5.41, 5.74) is 4.17. The van der Waals surface area contributed by atoms with E-state index < -0.39 is 0 Å². The Labute approximate surface area is 86.6 Å². The van der Waals surface area contributed by atoms with E-state index in [0.717, 1.165) is 11.8 Å². The molecule has 2 nitrogen and oxygen atoms in total. The lowest BCUT2D eigenvalue weighted by Gasteiger charge is -2.62. The zero-order valence-corrected chi connectivity index (χ0v) is 9.18. The fraction of sp³-hybridized carbons (Fsp3) is 1.00. The summed E-state index contributed by atoms with van der Waals surface area (Å²) < 4.78 is 0. The largest absolute Gasteiger partial charge is 0.271 e. The number of hydrogen-bond donors (Lipinski definition) is 2. The van der Waals surface area contributed by atoms with Crippen molar-refractivity contribution in [3.8, 4) is 0 Å². The molecule has 3 N–H and O–H groups in total. The van der Waals surface area contributed by atoms with Gasteiger partial charge in [-0.1, -0.05) is 13.3 Å². The Balaban J connectivity index is 1.94. The Bertz CT molecular complexity index is 213. The monoisotopic (exact) mass is 194 g/mol. The Hall–Kier alpha value is -0.0800. The van der Waals surface area contributed by atoms with Gasteiger partial charge in [-0.15, -0.1) is 0 Å². The van der Waals surface area contributed by atoms with Gasteiger partial charge in [0.05, 0.1) is 0 Å². The molecule has 0 spiro atoms. The van der Waals surface area contributed by atoms with Crippen molar-refractivity contribution in [1.29, 1.82) is 0 Å². The van der Waals surface area contributed by atoms with Gasteiger partial charge in [-0.2, -0.15) is 0 Å². The Morgan fingerprint density at radius 1 is 1.21 bits per heavy atom. The zero-order valence-electron chi connectivity index (χ0n) is 9.18. The van der Waals surface area contributed by atoms with Gasteiger partial charge in [0.15, 0.2) is 0 Å². The van der Waals surface area contributed by atoms with E-state index >= 15 is 0 Å². The minimum Gasteiger partial charge on any atom is -0.271 e. The normalized spacial score (nSPS) is 55.3. The summed E-state index contributed by atoms with van der Waals surface area (Å²) in [5.74, 6) is 7.75. The summed E-state index contributed by atoms with van der Waals surface area (Å²) in [4.78, 5) is 0. The van der Waals surface area contributed by atoms with Crippen LogP contribution in [0.5, 0.6) is 0 Å². The van der Waals surface area contributed by atoms with E-state index in [4.69, 9.17) is 5.84 Å². The molecule has 0 aromatic heterocycles. The molecule has 4 fully saturated rings. The molecular weight excluding hydrogens is 172 g/mol. The van der Waals surface area contributed by atoms with Crippen LogP contribution < -0.4 is 11.3 Å². The van der Waals surface area contributed by atoms with Crippen LogP contribution in [0.25, 0.3) is 0 Å². The molecule has 14 heavy (non-hydrogen) atoms. The van der Waals surface area contributed by atoms with Gasteiger partial charge in [0.25, 0.3) is 0 Å². The van der Waals surface area contributed by atoms with Crippen molar-refractivity contribution >= 4 is 0 Å². The van der Waals surface area contributed by atoms with Gasteiger partial charge >= 0.3 is 0 Å². The predicted molar refractivity (Wildman–Crippen MR) is 57.5 cm³/mol. The Kier molecular flexibility index (Phi) is 1.79. The molecule has 2 heteroatoms. The number of hydrogen-bond acceptors (Lipinski definition) is 2. The highest BCUT2D eigenvalue weighted by Gasteiger charge is 2.56. The minimum atomic E-state index is 0.333. The first-order valence-electron chi connectivity index (χ1n) is 6.17. The van der Waals surface area contributed by atoms with Gasteiger partial charge in [0.1, 0.15) is 0 Å². The molecule has 0 aromatic carbocycles. The second-order valence-electron chi connectivity index (χ2n) is 6.24. The number of hydrazine groups is 1. The van der Waals surface area contributed by atoms with Crippen LogP contribution in [-0.2, 0) is 0 Å². The Morgan fingerprint density at radius 2 is 1.86 bits per heavy atom. The van der Waals surface area contributed by atoms with Gasteiger partial charge in [-0.25, -0.2) is 0 Å². The fourth-order valence-corrected chi connectivity index (χ4v) is 5.03. The first kappa shape index (κ1) is 9.17. The fourth-order valence-electron chi connectivity index (χ4n) is 5.03. The molecule has 4 aliphatic rings. The smallest absolute Gasteiger partial charge is 0.0332 e. The molecule has 4 saturated carbocycles. The summed E-state index contributed by atoms with van der Waals surface area (Å²) in [5, 5.41) is 0. The quantitative estimate of drug-likeness (QED) is 0.522. The van der Waals surface area contributed by atoms with E-state index in [1.807, 2.05) is 0 Å². The van der Waals surface area contributed by atoms with Crippen LogP contribution in [0, 0.1) is 17.3 Å². The predicted octanol–water partition coefficient (Wildman–Crippen LogP) is 2.20. The van der Waals surface area contributed by atoms with Gasteiger partial charge in [0.2, 0.25) is 0 Å². The summed E-state index contributed by atoms with van der Waals surface area (Å²) in [7, 11) is 0. The van der Waals surface area contributed by atoms with Crippen LogP contribution in [-0.4, -0.2) is 5.54 Å². The third-order valence-electron chi connectivity index (χ3n) is 5.24. The zero-order chi connectivity index (χ0) is 9.81. The number of nitrogens with two attached hydrogens (primary N) is 1. The average Bonchev–Trinajstić information content (AvgIpc) is 2.16. The van der Waals surface area contributed by atoms with E-state index in [2.05, 4.69) is 12.3 Å². The second-order valence-corrected chi connectivity index (χ2v) is 6.24. The molecule has 0 amide bonds. The van der Waals surface area contributed by atoms with Crippen molar-refractivity contribution in [2.75, 3.05) is 0 Å². The maximum absolute atomic E-state index is 5.79. The van der Waals surface area contributed by atoms with Crippen molar-refractivity contribution in [2.45, 2.75) is 57.4 Å². The van der Waals surface area contributed by atoms with Gasteiger partial charge in [-0.3, -0.25) is 11.3 Å². The van der Waals surface area contributed by atoms with E-state index in [1.54, 1.807) is 0 Å². The van der Waals surface area contributed by atoms with Crippen LogP contribution >= 0.6 is 0 Å². The molecule has 0 aromatic rings. The van der Waals surface area contributed by atoms with E-state index in [0.29, 0.717) is 11.0 Å². The van der Waals surface area contributed by atoms with Crippen LogP contribution in [0.4, 0.5) is 0 Å². The van der Waals surface area contributed by atoms with Crippen molar-refractivity contribution in [3.05, 3.63) is 0 Å². The summed E-state index contributed by atoms with van der Waals surface area (Å²) >= 11 is 0. The SMILES string of the molecule is CCC12CC3CC(C1)CC(NN)(C3)C2. The first-order valence-corrected chi connectivity index (χ1v) is 6.17. The van der Waals surface area contributed by atoms with Crippen molar-refractivity contribution in [2.24, 2.45) is 23.1 Å². The highest BCUT2D eigenvalue weighted by Crippen LogP contribution is 2.62. The molecule has 4 aliphatic carbocycles. The van der Waals surface area contributed by atoms with Crippen LogP contribution in [0.3, 0.4) is 0 Å². The third-order valence-corrected chi connectivity index (χ3v) is 5.24. The molecule has 0 aliphatic heterocycles. The molecule has 4 rings (SSSR count). The molecule has 0 saturated heterocycles. The lowest BCUT2D eigenvalue weighted by Crippen LogP contribution is -2.63. The summed E-state index contributed by atoms with van der Waals surface area (Å²) in [6.07, 6.45) is 9.88. The summed E-state index contributed by atoms with van der Waals surface area (Å²) in [6.45, 7) is 2.37. The number of rotatable bonds is 2. The van der Waals surface area contributed by atoms with E-state index in [1.165, 1.54) is 44.9 Å². The van der Waals surface area contributed by atoms with Crippen LogP contribution in [0.1, 0.15) is 51.9 Å². The molecule has 4 bridgehead atoms. The highest BCUT2D eigenvalue weighted by atomic mass is 15.3. The van der Waals surface area contributed by atoms with E-state index in [-0.39, 0.29) is 0 Å². The van der Waals surface area contributed by atoms with Gasteiger partial charge in [-0.05, 0) is 55.8 Å². The molecule has 0 heterocycles. The maximum Gasteiger partial charge on any atom is 0.0332 e. The van der Waals surface area contributed by atoms with Gasteiger partial charge in [0, 0.05) is 5.54 Å². The first-order chi connectivity index (χ1) is 6.69. The third kappa shape index (κ3) is 1.10. The molecular formula is C12H22N2. The van der Waals surface area contributed by atoms with Crippen molar-refractivity contribution < 1.29 is 0 Å². The number of nitrogens with one attached hydrogen (secondary N) is 1.